The second-order valence-corrected chi connectivity index (χ2v) is 6.30. The number of ether oxygens (including phenoxy) is 1. The van der Waals surface area contributed by atoms with Crippen LogP contribution in [0.5, 0.6) is 11.8 Å². The van der Waals surface area contributed by atoms with E-state index in [-0.39, 0.29) is 11.9 Å². The topological polar surface area (TPSA) is 94.8 Å². The Balaban J connectivity index is 1.46. The summed E-state index contributed by atoms with van der Waals surface area (Å²) in [6.45, 7) is 3.69. The predicted octanol–water partition coefficient (Wildman–Crippen LogP) is 3.72. The van der Waals surface area contributed by atoms with Gasteiger partial charge in [-0.1, -0.05) is 6.07 Å². The number of carbonyl (C=O) groups excluding carboxylic acids is 1. The normalized spacial score (nSPS) is 10.6. The summed E-state index contributed by atoms with van der Waals surface area (Å²) in [6, 6.07) is 14.6. The first-order chi connectivity index (χ1) is 14.1. The minimum Gasteiger partial charge on any atom is -0.424 e. The lowest BCUT2D eigenvalue weighted by Gasteiger charge is -2.08. The predicted molar refractivity (Wildman–Crippen MR) is 107 cm³/mol. The van der Waals surface area contributed by atoms with Crippen LogP contribution in [0.2, 0.25) is 0 Å². The molecule has 4 aromatic rings. The fourth-order valence-corrected chi connectivity index (χ4v) is 2.73. The van der Waals surface area contributed by atoms with Gasteiger partial charge in [0.2, 0.25) is 0 Å². The summed E-state index contributed by atoms with van der Waals surface area (Å²) in [5, 5.41) is 7.14. The number of carbonyl (C=O) groups is 1. The molecule has 1 aromatic carbocycles. The maximum absolute atomic E-state index is 12.7. The van der Waals surface area contributed by atoms with Crippen molar-refractivity contribution >= 4 is 11.6 Å². The molecule has 3 aromatic heterocycles. The lowest BCUT2D eigenvalue weighted by Crippen LogP contribution is -2.13. The summed E-state index contributed by atoms with van der Waals surface area (Å²) in [6.07, 6.45) is 4.85. The first-order valence-electron chi connectivity index (χ1n) is 8.95. The highest BCUT2D eigenvalue weighted by molar-refractivity contribution is 6.05. The van der Waals surface area contributed by atoms with Crippen LogP contribution in [0.1, 0.15) is 21.7 Å². The fraction of sp³-hybridized carbons (Fsp3) is 0.0952. The average molecular weight is 386 g/mol. The smallest absolute Gasteiger partial charge is 0.322 e. The summed E-state index contributed by atoms with van der Waals surface area (Å²) in [7, 11) is 0. The van der Waals surface area contributed by atoms with Gasteiger partial charge in [-0.2, -0.15) is 5.10 Å². The number of hydrogen-bond acceptors (Lipinski definition) is 6. The average Bonchev–Trinajstić information content (AvgIpc) is 3.12. The van der Waals surface area contributed by atoms with Gasteiger partial charge in [0.15, 0.2) is 5.82 Å². The van der Waals surface area contributed by atoms with Gasteiger partial charge in [0.25, 0.3) is 5.91 Å². The highest BCUT2D eigenvalue weighted by Gasteiger charge is 2.16. The largest absolute Gasteiger partial charge is 0.424 e. The Hall–Kier alpha value is -4.07. The molecule has 0 bridgehead atoms. The van der Waals surface area contributed by atoms with E-state index in [1.165, 1.54) is 6.20 Å². The Morgan fingerprint density at radius 2 is 1.83 bits per heavy atom. The van der Waals surface area contributed by atoms with Crippen LogP contribution >= 0.6 is 0 Å². The highest BCUT2D eigenvalue weighted by Crippen LogP contribution is 2.21. The number of nitrogens with zero attached hydrogens (tertiary/aromatic N) is 5. The van der Waals surface area contributed by atoms with Crippen molar-refractivity contribution < 1.29 is 9.53 Å². The molecule has 144 valence electrons. The van der Waals surface area contributed by atoms with Crippen LogP contribution in [0.25, 0.3) is 5.82 Å². The molecule has 0 saturated heterocycles. The molecular weight excluding hydrogens is 368 g/mol. The van der Waals surface area contributed by atoms with E-state index < -0.39 is 0 Å². The molecular formula is C21H18N6O2. The Kier molecular flexibility index (Phi) is 4.98. The van der Waals surface area contributed by atoms with E-state index in [0.717, 1.165) is 5.69 Å². The van der Waals surface area contributed by atoms with E-state index in [1.807, 2.05) is 32.0 Å². The van der Waals surface area contributed by atoms with Crippen LogP contribution in [-0.2, 0) is 0 Å². The number of anilines is 1. The Morgan fingerprint density at radius 1 is 1.00 bits per heavy atom. The Bertz CT molecular complexity index is 1140. The molecule has 0 saturated carbocycles. The van der Waals surface area contributed by atoms with Crippen molar-refractivity contribution in [1.29, 1.82) is 0 Å². The molecule has 0 unspecified atom stereocenters. The van der Waals surface area contributed by atoms with Gasteiger partial charge in [-0.25, -0.2) is 19.6 Å². The van der Waals surface area contributed by atoms with Gasteiger partial charge in [0.1, 0.15) is 5.75 Å². The lowest BCUT2D eigenvalue weighted by atomic mass is 10.2. The van der Waals surface area contributed by atoms with E-state index in [4.69, 9.17) is 4.74 Å². The minimum absolute atomic E-state index is 0.250. The van der Waals surface area contributed by atoms with Crippen LogP contribution in [0.4, 0.5) is 5.69 Å². The molecule has 0 fully saturated rings. The molecule has 3 heterocycles. The van der Waals surface area contributed by atoms with Crippen LogP contribution in [0.15, 0.2) is 67.1 Å². The van der Waals surface area contributed by atoms with Gasteiger partial charge < -0.3 is 10.1 Å². The number of aryl methyl sites for hydroxylation is 1. The Morgan fingerprint density at radius 3 is 2.55 bits per heavy atom. The minimum atomic E-state index is -0.250. The molecule has 0 aliphatic rings. The van der Waals surface area contributed by atoms with Crippen LogP contribution < -0.4 is 10.1 Å². The molecule has 1 amide bonds. The Labute approximate surface area is 167 Å². The van der Waals surface area contributed by atoms with Crippen molar-refractivity contribution in [2.75, 3.05) is 5.32 Å². The number of amides is 1. The maximum atomic E-state index is 12.7. The van der Waals surface area contributed by atoms with E-state index >= 15 is 0 Å². The van der Waals surface area contributed by atoms with Crippen molar-refractivity contribution in [1.82, 2.24) is 24.7 Å². The zero-order chi connectivity index (χ0) is 20.2. The molecule has 8 heteroatoms. The van der Waals surface area contributed by atoms with Crippen LogP contribution in [0.3, 0.4) is 0 Å². The summed E-state index contributed by atoms with van der Waals surface area (Å²) in [5.74, 6) is 0.983. The third-order valence-corrected chi connectivity index (χ3v) is 4.21. The zero-order valence-corrected chi connectivity index (χ0v) is 15.9. The van der Waals surface area contributed by atoms with Gasteiger partial charge in [0.05, 0.1) is 17.5 Å². The number of pyridine rings is 1. The number of aromatic nitrogens is 5. The third kappa shape index (κ3) is 4.11. The van der Waals surface area contributed by atoms with Crippen LogP contribution in [-0.4, -0.2) is 30.6 Å². The molecule has 0 atom stereocenters. The zero-order valence-electron chi connectivity index (χ0n) is 15.9. The maximum Gasteiger partial charge on any atom is 0.322 e. The lowest BCUT2D eigenvalue weighted by molar-refractivity contribution is 0.102. The van der Waals surface area contributed by atoms with E-state index in [1.54, 1.807) is 47.4 Å². The second-order valence-electron chi connectivity index (χ2n) is 6.30. The summed E-state index contributed by atoms with van der Waals surface area (Å²) < 4.78 is 7.25. The number of rotatable bonds is 5. The van der Waals surface area contributed by atoms with Gasteiger partial charge in [0, 0.05) is 23.8 Å². The van der Waals surface area contributed by atoms with Gasteiger partial charge >= 0.3 is 6.01 Å². The van der Waals surface area contributed by atoms with E-state index in [2.05, 4.69) is 25.4 Å². The third-order valence-electron chi connectivity index (χ3n) is 4.21. The number of nitrogens with one attached hydrogen (secondary N) is 1. The fourth-order valence-electron chi connectivity index (χ4n) is 2.73. The highest BCUT2D eigenvalue weighted by atomic mass is 16.5. The van der Waals surface area contributed by atoms with E-state index in [0.29, 0.717) is 28.5 Å². The first kappa shape index (κ1) is 18.3. The summed E-state index contributed by atoms with van der Waals surface area (Å²) in [4.78, 5) is 25.2. The quantitative estimate of drug-likeness (QED) is 0.562. The SMILES string of the molecule is Cc1ccnc(Oc2ccc(NC(=O)c3cnn(-c4ccccn4)c3C)cc2)n1. The molecule has 4 rings (SSSR count). The molecule has 29 heavy (non-hydrogen) atoms. The molecule has 0 spiro atoms. The van der Waals surface area contributed by atoms with Gasteiger partial charge in [-0.15, -0.1) is 0 Å². The van der Waals surface area contributed by atoms with Crippen LogP contribution in [0, 0.1) is 13.8 Å². The van der Waals surface area contributed by atoms with Gasteiger partial charge in [-0.05, 0) is 56.3 Å². The molecule has 8 nitrogen and oxygen atoms in total. The number of hydrogen-bond donors (Lipinski definition) is 1. The molecule has 1 N–H and O–H groups in total. The molecule has 0 aliphatic heterocycles. The van der Waals surface area contributed by atoms with Crippen molar-refractivity contribution in [3.63, 3.8) is 0 Å². The van der Waals surface area contributed by atoms with Gasteiger partial charge in [-0.3, -0.25) is 4.79 Å². The second kappa shape index (κ2) is 7.89. The first-order valence-corrected chi connectivity index (χ1v) is 8.95. The van der Waals surface area contributed by atoms with Crippen molar-refractivity contribution in [3.8, 4) is 17.6 Å². The summed E-state index contributed by atoms with van der Waals surface area (Å²) >= 11 is 0. The molecule has 0 radical (unpaired) electrons. The monoisotopic (exact) mass is 386 g/mol. The van der Waals surface area contributed by atoms with E-state index in [9.17, 15) is 4.79 Å². The van der Waals surface area contributed by atoms with Crippen molar-refractivity contribution in [2.24, 2.45) is 0 Å². The van der Waals surface area contributed by atoms with Crippen molar-refractivity contribution in [2.45, 2.75) is 13.8 Å². The molecule has 0 aliphatic carbocycles. The standard InChI is InChI=1S/C21H18N6O2/c1-14-10-12-23-21(25-14)29-17-8-6-16(7-9-17)26-20(28)18-13-24-27(15(18)2)19-5-3-4-11-22-19/h3-13H,1-2H3,(H,26,28). The van der Waals surface area contributed by atoms with Crippen molar-refractivity contribution in [3.05, 3.63) is 84.1 Å². The summed E-state index contributed by atoms with van der Waals surface area (Å²) in [5.41, 5.74) is 2.64. The number of benzene rings is 1.